The number of fused-ring (bicyclic) bond motifs is 1. The van der Waals surface area contributed by atoms with Gasteiger partial charge in [0.2, 0.25) is 17.5 Å². The van der Waals surface area contributed by atoms with E-state index in [2.05, 4.69) is 30.1 Å². The maximum atomic E-state index is 12.3. The van der Waals surface area contributed by atoms with Crippen LogP contribution >= 0.6 is 22.7 Å². The highest BCUT2D eigenvalue weighted by Gasteiger charge is 2.12. The third kappa shape index (κ3) is 7.57. The molecule has 0 radical (unpaired) electrons. The fourth-order valence-corrected chi connectivity index (χ4v) is 6.05. The van der Waals surface area contributed by atoms with Crippen molar-refractivity contribution in [3.05, 3.63) is 88.0 Å². The third-order valence-corrected chi connectivity index (χ3v) is 8.79. The maximum absolute atomic E-state index is 12.3. The summed E-state index contributed by atoms with van der Waals surface area (Å²) in [7, 11) is 1.94. The van der Waals surface area contributed by atoms with E-state index in [1.165, 1.54) is 24.6 Å². The zero-order valence-corrected chi connectivity index (χ0v) is 25.5. The molecule has 0 aliphatic rings. The number of amides is 1. The Morgan fingerprint density at radius 1 is 1.09 bits per heavy atom. The largest absolute Gasteiger partial charge is 0.471 e. The molecule has 1 aromatic carbocycles. The van der Waals surface area contributed by atoms with Gasteiger partial charge >= 0.3 is 6.09 Å². The van der Waals surface area contributed by atoms with E-state index in [0.717, 1.165) is 30.8 Å². The number of imidazole rings is 1. The van der Waals surface area contributed by atoms with Gasteiger partial charge in [-0.05, 0) is 48.4 Å². The molecule has 12 nitrogen and oxygen atoms in total. The molecule has 4 N–H and O–H groups in total. The van der Waals surface area contributed by atoms with Crippen molar-refractivity contribution in [2.75, 3.05) is 30.8 Å². The molecule has 5 rings (SSSR count). The van der Waals surface area contributed by atoms with Crippen molar-refractivity contribution < 1.29 is 19.1 Å². The topological polar surface area (TPSA) is 153 Å². The van der Waals surface area contributed by atoms with Crippen LogP contribution in [0.1, 0.15) is 22.9 Å². The summed E-state index contributed by atoms with van der Waals surface area (Å²) < 4.78 is 11.2. The number of rotatable bonds is 12. The zero-order valence-electron chi connectivity index (χ0n) is 23.9. The predicted octanol–water partition coefficient (Wildman–Crippen LogP) is 5.52. The predicted molar refractivity (Wildman–Crippen MR) is 171 cm³/mol. The molecule has 0 atom stereocenters. The Labute approximate surface area is 261 Å². The van der Waals surface area contributed by atoms with Crippen LogP contribution < -0.4 is 20.7 Å². The Hall–Kier alpha value is -5.26. The first-order valence-electron chi connectivity index (χ1n) is 13.4. The van der Waals surface area contributed by atoms with Gasteiger partial charge in [-0.1, -0.05) is 24.3 Å². The van der Waals surface area contributed by atoms with Gasteiger partial charge in [0.1, 0.15) is 18.7 Å². The van der Waals surface area contributed by atoms with Gasteiger partial charge in [0, 0.05) is 28.2 Å². The van der Waals surface area contributed by atoms with Gasteiger partial charge in [-0.25, -0.2) is 14.6 Å². The summed E-state index contributed by atoms with van der Waals surface area (Å²) >= 11 is 3.14. The molecule has 0 unspecified atom stereocenters. The van der Waals surface area contributed by atoms with Crippen LogP contribution in [0.3, 0.4) is 0 Å². The van der Waals surface area contributed by atoms with Crippen molar-refractivity contribution in [3.8, 4) is 15.6 Å². The number of ketones is 1. The van der Waals surface area contributed by atoms with E-state index in [1.54, 1.807) is 17.4 Å². The normalized spacial score (nSPS) is 11.2. The lowest BCUT2D eigenvalue weighted by molar-refractivity contribution is -0.113. The Balaban J connectivity index is 1.04. The van der Waals surface area contributed by atoms with Crippen LogP contribution in [0.5, 0.6) is 5.88 Å². The summed E-state index contributed by atoms with van der Waals surface area (Å²) in [5, 5.41) is 3.80. The zero-order chi connectivity index (χ0) is 31.1. The second kappa shape index (κ2) is 13.8. The minimum atomic E-state index is -0.494. The summed E-state index contributed by atoms with van der Waals surface area (Å²) in [5.41, 5.74) is 8.70. The van der Waals surface area contributed by atoms with E-state index in [9.17, 15) is 9.59 Å². The molecule has 4 aromatic heterocycles. The number of H-pyrrole nitrogens is 1. The van der Waals surface area contributed by atoms with Crippen molar-refractivity contribution in [2.45, 2.75) is 20.1 Å². The van der Waals surface area contributed by atoms with Crippen molar-refractivity contribution >= 4 is 62.7 Å². The molecule has 0 aliphatic heterocycles. The van der Waals surface area contributed by atoms with E-state index in [4.69, 9.17) is 21.8 Å². The van der Waals surface area contributed by atoms with Gasteiger partial charge in [-0.3, -0.25) is 0 Å². The summed E-state index contributed by atoms with van der Waals surface area (Å²) in [5.74, 6) is 0.171. The SMILES string of the molecule is [C-]#[N+]/C(=C\c1ccc(-c2ccc(N(C)CCOC(=O)NCc3ccc(COc4nc(N)nc5nc[nH]c45)cc3)s2)s1)C(C)=O. The Kier molecular flexibility index (Phi) is 9.48. The molecule has 0 spiro atoms. The molecule has 14 heteroatoms. The molecular formula is C30H28N8O4S2. The molecule has 5 aromatic rings. The fourth-order valence-electron chi connectivity index (χ4n) is 4.02. The minimum Gasteiger partial charge on any atom is -0.471 e. The molecular weight excluding hydrogens is 601 g/mol. The number of anilines is 2. The van der Waals surface area contributed by atoms with Crippen LogP contribution in [0.25, 0.3) is 31.8 Å². The number of carbonyl (C=O) groups excluding carboxylic acids is 2. The molecule has 0 saturated heterocycles. The summed E-state index contributed by atoms with van der Waals surface area (Å²) in [6.07, 6.45) is 2.63. The van der Waals surface area contributed by atoms with Crippen LogP contribution in [-0.2, 0) is 22.7 Å². The number of nitrogens with zero attached hydrogens (tertiary/aromatic N) is 5. The number of Topliss-reactive ketones (excluding diaryl/α,β-unsaturated/α-hetero) is 1. The van der Waals surface area contributed by atoms with Crippen molar-refractivity contribution in [2.24, 2.45) is 0 Å². The standard InChI is InChI=1S/C30H28N8O4S2/c1-18(39)22(32-2)14-21-8-9-23(43-21)24-10-11-25(44-24)38(3)12-13-41-30(40)33-15-19-4-6-20(7-5-19)16-42-28-26-27(35-17-34-26)36-29(31)37-28/h4-11,14,17H,12-13,15-16H2,1,3H3,(H,33,40)(H3,31,34,35,36,37)/b22-14-. The third-order valence-electron chi connectivity index (χ3n) is 6.36. The number of nitrogens with two attached hydrogens (primary N) is 1. The van der Waals surface area contributed by atoms with E-state index in [-0.39, 0.29) is 30.6 Å². The van der Waals surface area contributed by atoms with E-state index < -0.39 is 6.09 Å². The van der Waals surface area contributed by atoms with Crippen molar-refractivity contribution in [3.63, 3.8) is 0 Å². The molecule has 224 valence electrons. The molecule has 0 fully saturated rings. The first kappa shape index (κ1) is 30.2. The number of benzene rings is 1. The monoisotopic (exact) mass is 628 g/mol. The Morgan fingerprint density at radius 2 is 1.84 bits per heavy atom. The second-order valence-corrected chi connectivity index (χ2v) is 11.7. The smallest absolute Gasteiger partial charge is 0.407 e. The van der Waals surface area contributed by atoms with Gasteiger partial charge in [0.25, 0.3) is 0 Å². The second-order valence-electron chi connectivity index (χ2n) is 9.54. The lowest BCUT2D eigenvalue weighted by Gasteiger charge is -2.17. The van der Waals surface area contributed by atoms with E-state index in [1.807, 2.05) is 60.5 Å². The number of thiophene rings is 2. The molecule has 0 bridgehead atoms. The van der Waals surface area contributed by atoms with Gasteiger partial charge in [0.15, 0.2) is 11.4 Å². The highest BCUT2D eigenvalue weighted by molar-refractivity contribution is 7.24. The van der Waals surface area contributed by atoms with Crippen LogP contribution in [0.2, 0.25) is 0 Å². The quantitative estimate of drug-likeness (QED) is 0.120. The molecule has 0 aliphatic carbocycles. The lowest BCUT2D eigenvalue weighted by atomic mass is 10.1. The molecule has 0 saturated carbocycles. The molecule has 4 heterocycles. The van der Waals surface area contributed by atoms with Gasteiger partial charge in [-0.2, -0.15) is 9.97 Å². The van der Waals surface area contributed by atoms with Crippen LogP contribution in [0.4, 0.5) is 15.7 Å². The Morgan fingerprint density at radius 3 is 2.61 bits per heavy atom. The number of hydrogen-bond donors (Lipinski definition) is 3. The average Bonchev–Trinajstić information content (AvgIpc) is 3.79. The number of aromatic amines is 1. The number of nitrogen functional groups attached to an aromatic ring is 1. The average molecular weight is 629 g/mol. The number of nitrogens with one attached hydrogen (secondary N) is 2. The first-order valence-corrected chi connectivity index (χ1v) is 15.0. The summed E-state index contributed by atoms with van der Waals surface area (Å²) in [6, 6.07) is 15.6. The van der Waals surface area contributed by atoms with Crippen LogP contribution in [0.15, 0.2) is 60.6 Å². The number of alkyl carbamates (subject to hydrolysis) is 1. The van der Waals surface area contributed by atoms with Crippen LogP contribution in [-0.4, -0.2) is 52.0 Å². The highest BCUT2D eigenvalue weighted by atomic mass is 32.1. The van der Waals surface area contributed by atoms with Gasteiger partial charge in [0.05, 0.1) is 24.4 Å². The molecule has 1 amide bonds. The highest BCUT2D eigenvalue weighted by Crippen LogP contribution is 2.37. The first-order chi connectivity index (χ1) is 21.3. The number of aromatic nitrogens is 4. The molecule has 44 heavy (non-hydrogen) atoms. The lowest BCUT2D eigenvalue weighted by Crippen LogP contribution is -2.28. The van der Waals surface area contributed by atoms with Crippen molar-refractivity contribution in [1.29, 1.82) is 0 Å². The minimum absolute atomic E-state index is 0.0859. The summed E-state index contributed by atoms with van der Waals surface area (Å²) in [6.45, 7) is 9.89. The summed E-state index contributed by atoms with van der Waals surface area (Å²) in [4.78, 5) is 47.3. The number of ether oxygens (including phenoxy) is 2. The van der Waals surface area contributed by atoms with Crippen molar-refractivity contribution in [1.82, 2.24) is 25.3 Å². The van der Waals surface area contributed by atoms with Gasteiger partial charge < -0.3 is 35.2 Å². The number of allylic oxidation sites excluding steroid dienone is 1. The maximum Gasteiger partial charge on any atom is 0.407 e. The fraction of sp³-hybridized carbons (Fsp3) is 0.200. The van der Waals surface area contributed by atoms with Crippen LogP contribution in [0, 0.1) is 6.57 Å². The number of likely N-dealkylation sites (N-methyl/N-ethyl adjacent to an activating group) is 1. The number of carbonyl (C=O) groups is 2. The Bertz CT molecular complexity index is 1850. The van der Waals surface area contributed by atoms with E-state index in [0.29, 0.717) is 30.1 Å². The van der Waals surface area contributed by atoms with E-state index >= 15 is 0 Å². The van der Waals surface area contributed by atoms with Gasteiger partial charge in [-0.15, -0.1) is 22.7 Å². The number of hydrogen-bond acceptors (Lipinski definition) is 11.